The molecule has 0 aromatic rings. The zero-order valence-corrected chi connectivity index (χ0v) is 5.54. The number of nitrogens with two attached hydrogens (primary N) is 1. The van der Waals surface area contributed by atoms with Gasteiger partial charge in [-0.15, -0.1) is 0 Å². The molecule has 1 aliphatic rings. The van der Waals surface area contributed by atoms with Crippen molar-refractivity contribution in [3.05, 3.63) is 0 Å². The SMILES string of the molecule is CCC1NCC(N)N1O. The maximum Gasteiger partial charge on any atom is 0.0960 e. The van der Waals surface area contributed by atoms with Gasteiger partial charge >= 0.3 is 0 Å². The van der Waals surface area contributed by atoms with Crippen molar-refractivity contribution in [2.75, 3.05) is 6.54 Å². The molecule has 1 aliphatic heterocycles. The number of nitrogens with one attached hydrogen (secondary N) is 1. The van der Waals surface area contributed by atoms with E-state index in [4.69, 9.17) is 10.9 Å². The third-order valence-electron chi connectivity index (χ3n) is 1.61. The summed E-state index contributed by atoms with van der Waals surface area (Å²) in [6, 6.07) is 0. The van der Waals surface area contributed by atoms with E-state index < -0.39 is 0 Å². The quantitative estimate of drug-likeness (QED) is 0.440. The molecule has 1 heterocycles. The van der Waals surface area contributed by atoms with Crippen molar-refractivity contribution in [1.29, 1.82) is 0 Å². The fourth-order valence-corrected chi connectivity index (χ4v) is 1.01. The third-order valence-corrected chi connectivity index (χ3v) is 1.61. The highest BCUT2D eigenvalue weighted by molar-refractivity contribution is 4.76. The average molecular weight is 131 g/mol. The lowest BCUT2D eigenvalue weighted by molar-refractivity contribution is -0.134. The fraction of sp³-hybridized carbons (Fsp3) is 1.00. The Morgan fingerprint density at radius 1 is 1.89 bits per heavy atom. The van der Waals surface area contributed by atoms with Crippen LogP contribution in [-0.4, -0.2) is 29.1 Å². The molecule has 1 fully saturated rings. The van der Waals surface area contributed by atoms with E-state index in [0.29, 0.717) is 6.54 Å². The average Bonchev–Trinajstić information content (AvgIpc) is 2.15. The van der Waals surface area contributed by atoms with Gasteiger partial charge in [0.05, 0.1) is 12.3 Å². The molecule has 0 amide bonds. The second-order valence-electron chi connectivity index (χ2n) is 2.28. The van der Waals surface area contributed by atoms with Gasteiger partial charge in [-0.25, -0.2) is 0 Å². The van der Waals surface area contributed by atoms with Crippen LogP contribution in [0.25, 0.3) is 0 Å². The predicted molar refractivity (Wildman–Crippen MR) is 33.7 cm³/mol. The van der Waals surface area contributed by atoms with Crippen LogP contribution in [0.5, 0.6) is 0 Å². The summed E-state index contributed by atoms with van der Waals surface area (Å²) in [6.07, 6.45) is 0.708. The van der Waals surface area contributed by atoms with Crippen LogP contribution in [0.3, 0.4) is 0 Å². The van der Waals surface area contributed by atoms with Gasteiger partial charge in [-0.2, -0.15) is 5.06 Å². The fourth-order valence-electron chi connectivity index (χ4n) is 1.01. The summed E-state index contributed by atoms with van der Waals surface area (Å²) >= 11 is 0. The maximum atomic E-state index is 9.10. The Labute approximate surface area is 54.6 Å². The third kappa shape index (κ3) is 1.21. The van der Waals surface area contributed by atoms with Crippen LogP contribution in [0, 0.1) is 0 Å². The molecule has 1 rings (SSSR count). The Morgan fingerprint density at radius 3 is 2.78 bits per heavy atom. The van der Waals surface area contributed by atoms with E-state index in [0.717, 1.165) is 6.42 Å². The van der Waals surface area contributed by atoms with Crippen molar-refractivity contribution in [2.45, 2.75) is 25.7 Å². The van der Waals surface area contributed by atoms with Crippen molar-refractivity contribution < 1.29 is 5.21 Å². The van der Waals surface area contributed by atoms with Crippen molar-refractivity contribution in [3.8, 4) is 0 Å². The summed E-state index contributed by atoms with van der Waals surface area (Å²) in [7, 11) is 0. The van der Waals surface area contributed by atoms with Gasteiger partial charge in [-0.1, -0.05) is 6.92 Å². The molecule has 0 aromatic carbocycles. The minimum absolute atomic E-state index is 0.0556. The van der Waals surface area contributed by atoms with Crippen molar-refractivity contribution in [2.24, 2.45) is 5.73 Å². The molecule has 0 aliphatic carbocycles. The first kappa shape index (κ1) is 6.95. The van der Waals surface area contributed by atoms with Gasteiger partial charge in [-0.3, -0.25) is 5.32 Å². The highest BCUT2D eigenvalue weighted by Crippen LogP contribution is 2.05. The van der Waals surface area contributed by atoms with E-state index in [1.807, 2.05) is 6.92 Å². The Bertz CT molecular complexity index is 98.2. The Balaban J connectivity index is 2.41. The molecule has 0 radical (unpaired) electrons. The lowest BCUT2D eigenvalue weighted by Gasteiger charge is -2.17. The molecule has 0 bridgehead atoms. The zero-order valence-electron chi connectivity index (χ0n) is 5.54. The van der Waals surface area contributed by atoms with E-state index >= 15 is 0 Å². The number of rotatable bonds is 1. The van der Waals surface area contributed by atoms with Gasteiger partial charge in [0, 0.05) is 6.54 Å². The largest absolute Gasteiger partial charge is 0.313 e. The van der Waals surface area contributed by atoms with Crippen LogP contribution in [-0.2, 0) is 0 Å². The second kappa shape index (κ2) is 2.62. The summed E-state index contributed by atoms with van der Waals surface area (Å²) in [5.74, 6) is 0. The molecule has 54 valence electrons. The Morgan fingerprint density at radius 2 is 2.56 bits per heavy atom. The number of hydrogen-bond donors (Lipinski definition) is 3. The zero-order chi connectivity index (χ0) is 6.85. The summed E-state index contributed by atoms with van der Waals surface area (Å²) in [5.41, 5.74) is 5.46. The standard InChI is InChI=1S/C5H13N3O/c1-2-5-7-3-4(6)8(5)9/h4-5,7,9H,2-3,6H2,1H3. The van der Waals surface area contributed by atoms with Crippen LogP contribution in [0.15, 0.2) is 0 Å². The molecule has 1 saturated heterocycles. The van der Waals surface area contributed by atoms with Gasteiger partial charge in [0.1, 0.15) is 0 Å². The minimum Gasteiger partial charge on any atom is -0.313 e. The van der Waals surface area contributed by atoms with Gasteiger partial charge in [0.2, 0.25) is 0 Å². The summed E-state index contributed by atoms with van der Waals surface area (Å²) in [6.45, 7) is 2.67. The van der Waals surface area contributed by atoms with Gasteiger partial charge in [-0.05, 0) is 6.42 Å². The molecule has 0 aromatic heterocycles. The molecular weight excluding hydrogens is 118 g/mol. The van der Waals surface area contributed by atoms with Crippen LogP contribution >= 0.6 is 0 Å². The molecule has 4 nitrogen and oxygen atoms in total. The highest BCUT2D eigenvalue weighted by Gasteiger charge is 2.27. The maximum absolute atomic E-state index is 9.10. The predicted octanol–water partition coefficient (Wildman–Crippen LogP) is -0.698. The first-order chi connectivity index (χ1) is 4.25. The first-order valence-electron chi connectivity index (χ1n) is 3.22. The van der Waals surface area contributed by atoms with E-state index in [9.17, 15) is 0 Å². The molecule has 0 saturated carbocycles. The van der Waals surface area contributed by atoms with E-state index in [2.05, 4.69) is 5.32 Å². The lowest BCUT2D eigenvalue weighted by Crippen LogP contribution is -2.40. The smallest absolute Gasteiger partial charge is 0.0960 e. The first-order valence-corrected chi connectivity index (χ1v) is 3.22. The van der Waals surface area contributed by atoms with Gasteiger partial charge in [0.25, 0.3) is 0 Å². The number of hydrogen-bond acceptors (Lipinski definition) is 4. The van der Waals surface area contributed by atoms with Gasteiger partial charge < -0.3 is 10.9 Å². The molecule has 4 N–H and O–H groups in total. The van der Waals surface area contributed by atoms with Crippen molar-refractivity contribution >= 4 is 0 Å². The van der Waals surface area contributed by atoms with Crippen molar-refractivity contribution in [1.82, 2.24) is 10.4 Å². The van der Waals surface area contributed by atoms with Crippen molar-refractivity contribution in [3.63, 3.8) is 0 Å². The van der Waals surface area contributed by atoms with E-state index in [1.165, 1.54) is 5.06 Å². The number of nitrogens with zero attached hydrogens (tertiary/aromatic N) is 1. The summed E-state index contributed by atoms with van der Waals surface area (Å²) < 4.78 is 0. The normalized spacial score (nSPS) is 37.7. The second-order valence-corrected chi connectivity index (χ2v) is 2.28. The Hall–Kier alpha value is -0.160. The van der Waals surface area contributed by atoms with E-state index in [1.54, 1.807) is 0 Å². The topological polar surface area (TPSA) is 61.5 Å². The summed E-state index contributed by atoms with van der Waals surface area (Å²) in [4.78, 5) is 0. The molecule has 9 heavy (non-hydrogen) atoms. The highest BCUT2D eigenvalue weighted by atomic mass is 16.5. The van der Waals surface area contributed by atoms with E-state index in [-0.39, 0.29) is 12.3 Å². The monoisotopic (exact) mass is 131 g/mol. The van der Waals surface area contributed by atoms with Crippen LogP contribution in [0.1, 0.15) is 13.3 Å². The lowest BCUT2D eigenvalue weighted by atomic mass is 10.4. The van der Waals surface area contributed by atoms with Gasteiger partial charge in [0.15, 0.2) is 0 Å². The summed E-state index contributed by atoms with van der Waals surface area (Å²) in [5, 5.41) is 13.3. The molecule has 0 spiro atoms. The molecule has 4 heteroatoms. The molecule has 2 atom stereocenters. The minimum atomic E-state index is -0.227. The Kier molecular flexibility index (Phi) is 2.02. The molecule has 2 unspecified atom stereocenters. The number of hydroxylamine groups is 2. The van der Waals surface area contributed by atoms with Crippen LogP contribution in [0.4, 0.5) is 0 Å². The molecular formula is C5H13N3O. The van der Waals surface area contributed by atoms with Crippen LogP contribution in [0.2, 0.25) is 0 Å². The van der Waals surface area contributed by atoms with Crippen LogP contribution < -0.4 is 11.1 Å².